The number of amides is 1. The molecule has 2 aromatic heterocycles. The number of ether oxygens (including phenoxy) is 1. The van der Waals surface area contributed by atoms with Gasteiger partial charge in [-0.15, -0.1) is 0 Å². The average molecular weight is 435 g/mol. The third-order valence-corrected chi connectivity index (χ3v) is 6.76. The van der Waals surface area contributed by atoms with Crippen molar-refractivity contribution in [1.82, 2.24) is 19.6 Å². The SMILES string of the molecule is Cc1ccc(-c2cn3c(n2)sc2cc(C(=O)NCCCN4CCOCC4)ccc23)cc1. The molecule has 1 fully saturated rings. The number of aromatic nitrogens is 2. The highest BCUT2D eigenvalue weighted by molar-refractivity contribution is 7.23. The summed E-state index contributed by atoms with van der Waals surface area (Å²) in [6.07, 6.45) is 3.02. The van der Waals surface area contributed by atoms with Gasteiger partial charge in [-0.2, -0.15) is 0 Å². The van der Waals surface area contributed by atoms with Crippen molar-refractivity contribution in [2.45, 2.75) is 13.3 Å². The number of carbonyl (C=O) groups excluding carboxylic acids is 1. The predicted molar refractivity (Wildman–Crippen MR) is 125 cm³/mol. The van der Waals surface area contributed by atoms with E-state index in [4.69, 9.17) is 9.72 Å². The Hall–Kier alpha value is -2.74. The molecular weight excluding hydrogens is 408 g/mol. The van der Waals surface area contributed by atoms with Crippen LogP contribution in [0.3, 0.4) is 0 Å². The summed E-state index contributed by atoms with van der Waals surface area (Å²) < 4.78 is 8.55. The lowest BCUT2D eigenvalue weighted by atomic mass is 10.1. The standard InChI is InChI=1S/C24H26N4O2S/c1-17-3-5-18(6-4-17)20-16-28-21-8-7-19(15-22(21)31-24(28)26-20)23(29)25-9-2-10-27-11-13-30-14-12-27/h3-8,15-16H,2,9-14H2,1H3,(H,25,29). The Kier molecular flexibility index (Phi) is 5.72. The maximum Gasteiger partial charge on any atom is 0.251 e. The van der Waals surface area contributed by atoms with Gasteiger partial charge in [-0.1, -0.05) is 41.2 Å². The van der Waals surface area contributed by atoms with Crippen LogP contribution in [0.15, 0.2) is 48.7 Å². The molecule has 2 aromatic carbocycles. The minimum absolute atomic E-state index is 0.0183. The summed E-state index contributed by atoms with van der Waals surface area (Å²) in [5.41, 5.74) is 5.09. The zero-order chi connectivity index (χ0) is 21.2. The fourth-order valence-electron chi connectivity index (χ4n) is 3.94. The van der Waals surface area contributed by atoms with Crippen molar-refractivity contribution in [2.75, 3.05) is 39.4 Å². The molecule has 0 unspecified atom stereocenters. The number of carbonyl (C=O) groups is 1. The molecule has 0 atom stereocenters. The van der Waals surface area contributed by atoms with Crippen LogP contribution in [-0.2, 0) is 4.74 Å². The van der Waals surface area contributed by atoms with Gasteiger partial charge in [0.25, 0.3) is 5.91 Å². The molecule has 1 amide bonds. The molecule has 5 rings (SSSR count). The van der Waals surface area contributed by atoms with E-state index in [1.54, 1.807) is 11.3 Å². The first-order valence-electron chi connectivity index (χ1n) is 10.7. The summed E-state index contributed by atoms with van der Waals surface area (Å²) >= 11 is 1.61. The molecule has 0 aliphatic carbocycles. The first kappa shape index (κ1) is 20.2. The Morgan fingerprint density at radius 3 is 2.77 bits per heavy atom. The molecule has 1 N–H and O–H groups in total. The third-order valence-electron chi connectivity index (χ3n) is 5.74. The van der Waals surface area contributed by atoms with E-state index in [2.05, 4.69) is 52.0 Å². The van der Waals surface area contributed by atoms with Crippen LogP contribution in [0.4, 0.5) is 0 Å². The van der Waals surface area contributed by atoms with Gasteiger partial charge < -0.3 is 10.1 Å². The van der Waals surface area contributed by atoms with E-state index in [0.717, 1.165) is 65.7 Å². The van der Waals surface area contributed by atoms with Crippen molar-refractivity contribution >= 4 is 32.4 Å². The summed E-state index contributed by atoms with van der Waals surface area (Å²) in [5.74, 6) is -0.0183. The lowest BCUT2D eigenvalue weighted by Gasteiger charge is -2.26. The number of hydrogen-bond donors (Lipinski definition) is 1. The first-order valence-corrected chi connectivity index (χ1v) is 11.6. The Morgan fingerprint density at radius 2 is 1.97 bits per heavy atom. The molecule has 1 aliphatic rings. The lowest BCUT2D eigenvalue weighted by molar-refractivity contribution is 0.0374. The summed E-state index contributed by atoms with van der Waals surface area (Å²) in [7, 11) is 0. The molecule has 7 heteroatoms. The van der Waals surface area contributed by atoms with Gasteiger partial charge >= 0.3 is 0 Å². The topological polar surface area (TPSA) is 58.9 Å². The number of rotatable bonds is 6. The number of nitrogens with one attached hydrogen (secondary N) is 1. The molecular formula is C24H26N4O2S. The molecule has 0 radical (unpaired) electrons. The quantitative estimate of drug-likeness (QED) is 0.467. The molecule has 3 heterocycles. The van der Waals surface area contributed by atoms with E-state index >= 15 is 0 Å². The van der Waals surface area contributed by atoms with Crippen LogP contribution in [0.25, 0.3) is 26.4 Å². The minimum Gasteiger partial charge on any atom is -0.379 e. The second-order valence-electron chi connectivity index (χ2n) is 7.99. The van der Waals surface area contributed by atoms with E-state index in [9.17, 15) is 4.79 Å². The van der Waals surface area contributed by atoms with Crippen molar-refractivity contribution in [2.24, 2.45) is 0 Å². The molecule has 31 heavy (non-hydrogen) atoms. The second kappa shape index (κ2) is 8.78. The lowest BCUT2D eigenvalue weighted by Crippen LogP contribution is -2.38. The Labute approximate surface area is 185 Å². The van der Waals surface area contributed by atoms with Gasteiger partial charge in [0.15, 0.2) is 4.96 Å². The number of hydrogen-bond acceptors (Lipinski definition) is 5. The van der Waals surface area contributed by atoms with Crippen LogP contribution >= 0.6 is 11.3 Å². The van der Waals surface area contributed by atoms with Gasteiger partial charge in [0.05, 0.1) is 29.1 Å². The van der Waals surface area contributed by atoms with E-state index in [-0.39, 0.29) is 5.91 Å². The van der Waals surface area contributed by atoms with Crippen LogP contribution in [-0.4, -0.2) is 59.6 Å². The van der Waals surface area contributed by atoms with Gasteiger partial charge in [0, 0.05) is 37.0 Å². The summed E-state index contributed by atoms with van der Waals surface area (Å²) in [4.78, 5) is 20.7. The zero-order valence-corrected chi connectivity index (χ0v) is 18.5. The molecule has 0 spiro atoms. The fraction of sp³-hybridized carbons (Fsp3) is 0.333. The maximum atomic E-state index is 12.6. The Balaban J connectivity index is 1.26. The van der Waals surface area contributed by atoms with Crippen molar-refractivity contribution < 1.29 is 9.53 Å². The first-order chi connectivity index (χ1) is 15.2. The monoisotopic (exact) mass is 434 g/mol. The van der Waals surface area contributed by atoms with Crippen molar-refractivity contribution in [3.8, 4) is 11.3 Å². The van der Waals surface area contributed by atoms with Crippen LogP contribution < -0.4 is 5.32 Å². The highest BCUT2D eigenvalue weighted by atomic mass is 32.1. The normalized spacial score (nSPS) is 15.0. The van der Waals surface area contributed by atoms with Crippen molar-refractivity contribution in [3.05, 3.63) is 59.8 Å². The number of thiazole rings is 1. The number of fused-ring (bicyclic) bond motifs is 3. The van der Waals surface area contributed by atoms with Crippen LogP contribution in [0.5, 0.6) is 0 Å². The molecule has 6 nitrogen and oxygen atoms in total. The second-order valence-corrected chi connectivity index (χ2v) is 9.00. The van der Waals surface area contributed by atoms with Gasteiger partial charge in [-0.3, -0.25) is 14.1 Å². The predicted octanol–water partition coefficient (Wildman–Crippen LogP) is 3.98. The van der Waals surface area contributed by atoms with E-state index in [1.807, 2.05) is 18.2 Å². The molecule has 0 saturated carbocycles. The minimum atomic E-state index is -0.0183. The smallest absolute Gasteiger partial charge is 0.251 e. The highest BCUT2D eigenvalue weighted by Crippen LogP contribution is 2.30. The van der Waals surface area contributed by atoms with E-state index < -0.39 is 0 Å². The molecule has 1 saturated heterocycles. The fourth-order valence-corrected chi connectivity index (χ4v) is 4.98. The van der Waals surface area contributed by atoms with Gasteiger partial charge in [0.1, 0.15) is 0 Å². The molecule has 0 bridgehead atoms. The maximum absolute atomic E-state index is 12.6. The van der Waals surface area contributed by atoms with E-state index in [1.165, 1.54) is 5.56 Å². The van der Waals surface area contributed by atoms with E-state index in [0.29, 0.717) is 12.1 Å². The van der Waals surface area contributed by atoms with Gasteiger partial charge in [-0.05, 0) is 38.1 Å². The van der Waals surface area contributed by atoms with Gasteiger partial charge in [-0.25, -0.2) is 4.98 Å². The highest BCUT2D eigenvalue weighted by Gasteiger charge is 2.14. The molecule has 4 aromatic rings. The summed E-state index contributed by atoms with van der Waals surface area (Å²) in [6, 6.07) is 14.3. The van der Waals surface area contributed by atoms with Crippen LogP contribution in [0.1, 0.15) is 22.3 Å². The summed E-state index contributed by atoms with van der Waals surface area (Å²) in [6.45, 7) is 7.34. The average Bonchev–Trinajstić information content (AvgIpc) is 3.35. The number of benzene rings is 2. The number of nitrogens with zero attached hydrogens (tertiary/aromatic N) is 3. The van der Waals surface area contributed by atoms with Crippen molar-refractivity contribution in [1.29, 1.82) is 0 Å². The largest absolute Gasteiger partial charge is 0.379 e. The number of morpholine rings is 1. The number of imidazole rings is 1. The Bertz CT molecular complexity index is 1210. The Morgan fingerprint density at radius 1 is 1.16 bits per heavy atom. The zero-order valence-electron chi connectivity index (χ0n) is 17.6. The molecule has 160 valence electrons. The van der Waals surface area contributed by atoms with Gasteiger partial charge in [0.2, 0.25) is 0 Å². The molecule has 1 aliphatic heterocycles. The summed E-state index contributed by atoms with van der Waals surface area (Å²) in [5, 5.41) is 3.05. The van der Waals surface area contributed by atoms with Crippen LogP contribution in [0.2, 0.25) is 0 Å². The van der Waals surface area contributed by atoms with Crippen LogP contribution in [0, 0.1) is 6.92 Å². The third kappa shape index (κ3) is 4.35. The van der Waals surface area contributed by atoms with Crippen molar-refractivity contribution in [3.63, 3.8) is 0 Å². The number of aryl methyl sites for hydroxylation is 1.